The van der Waals surface area contributed by atoms with E-state index in [-0.39, 0.29) is 17.2 Å². The molecule has 2 N–H and O–H groups in total. The summed E-state index contributed by atoms with van der Waals surface area (Å²) < 4.78 is 14.9. The summed E-state index contributed by atoms with van der Waals surface area (Å²) in [4.78, 5) is 23.9. The van der Waals surface area contributed by atoms with Crippen molar-refractivity contribution < 1.29 is 19.1 Å². The van der Waals surface area contributed by atoms with Crippen LogP contribution in [0.2, 0.25) is 0 Å². The number of aromatic nitrogens is 1. The number of rotatable bonds is 5. The molecule has 0 unspecified atom stereocenters. The second-order valence-electron chi connectivity index (χ2n) is 6.59. The fraction of sp³-hybridized carbons (Fsp3) is 0.136. The second-order valence-corrected chi connectivity index (χ2v) is 6.59. The number of benzene rings is 2. The minimum atomic E-state index is -1.09. The summed E-state index contributed by atoms with van der Waals surface area (Å²) >= 11 is 0. The first-order chi connectivity index (χ1) is 13.9. The third-order valence-electron chi connectivity index (χ3n) is 4.47. The number of nitrogens with zero attached hydrogens (tertiary/aromatic N) is 2. The Hall–Kier alpha value is -3.92. The number of carboxylic acid groups (broad SMARTS) is 1. The number of halogens is 1. The molecule has 0 saturated carbocycles. The van der Waals surface area contributed by atoms with Gasteiger partial charge in [-0.2, -0.15) is 5.26 Å². The van der Waals surface area contributed by atoms with Crippen LogP contribution in [-0.4, -0.2) is 27.7 Å². The number of amides is 1. The van der Waals surface area contributed by atoms with Crippen LogP contribution in [0, 0.1) is 17.1 Å². The number of para-hydroxylation sites is 1. The Bertz CT molecular complexity index is 1160. The number of hydrogen-bond donors (Lipinski definition) is 2. The zero-order valence-electron chi connectivity index (χ0n) is 15.6. The summed E-state index contributed by atoms with van der Waals surface area (Å²) in [5.41, 5.74) is 1.25. The summed E-state index contributed by atoms with van der Waals surface area (Å²) in [5, 5.41) is 22.1. The normalized spacial score (nSPS) is 12.4. The van der Waals surface area contributed by atoms with Crippen LogP contribution in [0.25, 0.3) is 17.0 Å². The Morgan fingerprint density at radius 2 is 1.93 bits per heavy atom. The molecular formula is C22H18FN3O3. The smallest absolute Gasteiger partial charge is 0.416 e. The van der Waals surface area contributed by atoms with Gasteiger partial charge in [-0.3, -0.25) is 9.36 Å². The molecule has 1 amide bonds. The van der Waals surface area contributed by atoms with E-state index in [0.717, 1.165) is 15.5 Å². The van der Waals surface area contributed by atoms with Gasteiger partial charge in [0.1, 0.15) is 17.5 Å². The predicted molar refractivity (Wildman–Crippen MR) is 107 cm³/mol. The van der Waals surface area contributed by atoms with Crippen LogP contribution in [0.5, 0.6) is 0 Å². The number of carbonyl (C=O) groups excluding carboxylic acids is 1. The Morgan fingerprint density at radius 1 is 1.24 bits per heavy atom. The lowest BCUT2D eigenvalue weighted by atomic mass is 10.1. The van der Waals surface area contributed by atoms with Crippen LogP contribution < -0.4 is 5.32 Å². The standard InChI is InChI=1S/C22H18FN3O3/c1-14(10-17-13-26(22(28)29)20-9-5-3-7-18(17)20)25-21(27)16(12-24)11-15-6-2-4-8-19(15)23/h2-9,11,13-14H,10H2,1H3,(H,25,27)(H,28,29)/t14-/m1/s1. The van der Waals surface area contributed by atoms with Gasteiger partial charge in [0.15, 0.2) is 0 Å². The van der Waals surface area contributed by atoms with Crippen molar-refractivity contribution in [3.05, 3.63) is 77.2 Å². The molecule has 1 aromatic heterocycles. The summed E-state index contributed by atoms with van der Waals surface area (Å²) in [6, 6.07) is 14.4. The molecule has 0 aliphatic carbocycles. The van der Waals surface area contributed by atoms with Crippen molar-refractivity contribution in [1.29, 1.82) is 5.26 Å². The quantitative estimate of drug-likeness (QED) is 0.508. The Morgan fingerprint density at radius 3 is 2.62 bits per heavy atom. The molecule has 0 spiro atoms. The molecular weight excluding hydrogens is 373 g/mol. The minimum absolute atomic E-state index is 0.149. The molecule has 146 valence electrons. The fourth-order valence-electron chi connectivity index (χ4n) is 3.15. The van der Waals surface area contributed by atoms with E-state index in [4.69, 9.17) is 0 Å². The highest BCUT2D eigenvalue weighted by Gasteiger charge is 2.17. The van der Waals surface area contributed by atoms with Gasteiger partial charge < -0.3 is 10.4 Å². The van der Waals surface area contributed by atoms with Gasteiger partial charge in [-0.05, 0) is 37.1 Å². The minimum Gasteiger partial charge on any atom is -0.464 e. The van der Waals surface area contributed by atoms with Gasteiger partial charge in [0, 0.05) is 23.2 Å². The number of hydrogen-bond acceptors (Lipinski definition) is 3. The van der Waals surface area contributed by atoms with E-state index >= 15 is 0 Å². The van der Waals surface area contributed by atoms with Gasteiger partial charge in [-0.25, -0.2) is 9.18 Å². The van der Waals surface area contributed by atoms with E-state index in [0.29, 0.717) is 11.9 Å². The number of carbonyl (C=O) groups is 2. The van der Waals surface area contributed by atoms with Gasteiger partial charge in [0.05, 0.1) is 5.52 Å². The van der Waals surface area contributed by atoms with Gasteiger partial charge >= 0.3 is 6.09 Å². The highest BCUT2D eigenvalue weighted by atomic mass is 19.1. The van der Waals surface area contributed by atoms with Crippen molar-refractivity contribution in [2.45, 2.75) is 19.4 Å². The molecule has 7 heteroatoms. The maximum absolute atomic E-state index is 13.8. The highest BCUT2D eigenvalue weighted by Crippen LogP contribution is 2.22. The first kappa shape index (κ1) is 19.8. The van der Waals surface area contributed by atoms with Crippen molar-refractivity contribution in [3.8, 4) is 6.07 Å². The van der Waals surface area contributed by atoms with E-state index in [1.54, 1.807) is 31.2 Å². The molecule has 3 aromatic rings. The summed E-state index contributed by atoms with van der Waals surface area (Å²) in [6.45, 7) is 1.75. The molecule has 6 nitrogen and oxygen atoms in total. The van der Waals surface area contributed by atoms with E-state index in [1.807, 2.05) is 12.1 Å². The van der Waals surface area contributed by atoms with E-state index in [9.17, 15) is 24.3 Å². The van der Waals surface area contributed by atoms with E-state index in [2.05, 4.69) is 5.32 Å². The molecule has 29 heavy (non-hydrogen) atoms. The van der Waals surface area contributed by atoms with Crippen molar-refractivity contribution in [2.24, 2.45) is 0 Å². The Balaban J connectivity index is 1.79. The van der Waals surface area contributed by atoms with Crippen LogP contribution in [0.1, 0.15) is 18.1 Å². The van der Waals surface area contributed by atoms with Crippen molar-refractivity contribution >= 4 is 29.0 Å². The van der Waals surface area contributed by atoms with Crippen molar-refractivity contribution in [1.82, 2.24) is 9.88 Å². The fourth-order valence-corrected chi connectivity index (χ4v) is 3.15. The third-order valence-corrected chi connectivity index (χ3v) is 4.47. The Labute approximate surface area is 166 Å². The molecule has 0 radical (unpaired) electrons. The summed E-state index contributed by atoms with van der Waals surface area (Å²) in [7, 11) is 0. The predicted octanol–water partition coefficient (Wildman–Crippen LogP) is 3.96. The first-order valence-electron chi connectivity index (χ1n) is 8.90. The van der Waals surface area contributed by atoms with Crippen LogP contribution in [0.3, 0.4) is 0 Å². The van der Waals surface area contributed by atoms with E-state index in [1.165, 1.54) is 30.5 Å². The molecule has 3 rings (SSSR count). The summed E-state index contributed by atoms with van der Waals surface area (Å²) in [6.07, 6.45) is 2.00. The monoisotopic (exact) mass is 391 g/mol. The van der Waals surface area contributed by atoms with Gasteiger partial charge in [-0.15, -0.1) is 0 Å². The largest absolute Gasteiger partial charge is 0.464 e. The zero-order valence-corrected chi connectivity index (χ0v) is 15.6. The zero-order chi connectivity index (χ0) is 21.0. The average molecular weight is 391 g/mol. The highest BCUT2D eigenvalue weighted by molar-refractivity contribution is 6.02. The Kier molecular flexibility index (Phi) is 5.74. The van der Waals surface area contributed by atoms with Crippen LogP contribution in [0.4, 0.5) is 9.18 Å². The van der Waals surface area contributed by atoms with Crippen LogP contribution >= 0.6 is 0 Å². The van der Waals surface area contributed by atoms with Crippen molar-refractivity contribution in [3.63, 3.8) is 0 Å². The van der Waals surface area contributed by atoms with Gasteiger partial charge in [0.25, 0.3) is 5.91 Å². The number of fused-ring (bicyclic) bond motifs is 1. The third kappa shape index (κ3) is 4.33. The molecule has 1 atom stereocenters. The lowest BCUT2D eigenvalue weighted by Gasteiger charge is -2.13. The topological polar surface area (TPSA) is 95.1 Å². The molecule has 0 aliphatic rings. The maximum atomic E-state index is 13.8. The molecule has 0 fully saturated rings. The summed E-state index contributed by atoms with van der Waals surface area (Å²) in [5.74, 6) is -1.15. The van der Waals surface area contributed by atoms with Crippen LogP contribution in [-0.2, 0) is 11.2 Å². The maximum Gasteiger partial charge on any atom is 0.416 e. The molecule has 2 aromatic carbocycles. The van der Waals surface area contributed by atoms with E-state index < -0.39 is 17.8 Å². The lowest BCUT2D eigenvalue weighted by Crippen LogP contribution is -2.34. The van der Waals surface area contributed by atoms with Gasteiger partial charge in [0.2, 0.25) is 0 Å². The molecule has 0 bridgehead atoms. The number of nitrogens with one attached hydrogen (secondary N) is 1. The number of nitriles is 1. The first-order valence-corrected chi connectivity index (χ1v) is 8.90. The lowest BCUT2D eigenvalue weighted by molar-refractivity contribution is -0.117. The average Bonchev–Trinajstić information content (AvgIpc) is 3.06. The SMILES string of the molecule is C[C@H](Cc1cn(C(=O)O)c2ccccc12)NC(=O)C(C#N)=Cc1ccccc1F. The van der Waals surface area contributed by atoms with Crippen LogP contribution in [0.15, 0.2) is 60.3 Å². The molecule has 1 heterocycles. The second kappa shape index (κ2) is 8.40. The molecule has 0 aliphatic heterocycles. The van der Waals surface area contributed by atoms with Gasteiger partial charge in [-0.1, -0.05) is 36.4 Å². The van der Waals surface area contributed by atoms with Crippen molar-refractivity contribution in [2.75, 3.05) is 0 Å². The molecule has 0 saturated heterocycles.